The first-order valence-corrected chi connectivity index (χ1v) is 15.6. The lowest BCUT2D eigenvalue weighted by Crippen LogP contribution is -2.00. The zero-order valence-corrected chi connectivity index (χ0v) is 26.3. The molecule has 0 radical (unpaired) electrons. The van der Waals surface area contributed by atoms with Gasteiger partial charge in [0.1, 0.15) is 0 Å². The van der Waals surface area contributed by atoms with Gasteiger partial charge in [-0.3, -0.25) is 0 Å². The number of hydrogen-bond acceptors (Lipinski definition) is 4. The van der Waals surface area contributed by atoms with Crippen molar-refractivity contribution < 1.29 is 13.2 Å². The molecule has 6 aromatic carbocycles. The zero-order valence-electron chi connectivity index (χ0n) is 26.3. The van der Waals surface area contributed by atoms with Gasteiger partial charge in [-0.05, 0) is 65.6 Å². The van der Waals surface area contributed by atoms with Crippen molar-refractivity contribution >= 4 is 38.4 Å². The summed E-state index contributed by atoms with van der Waals surface area (Å²) in [7, 11) is 0. The zero-order chi connectivity index (χ0) is 34.5. The fraction of sp³-hybridized carbons (Fsp3) is 0.0238. The van der Waals surface area contributed by atoms with Gasteiger partial charge in [0.25, 0.3) is 0 Å². The second-order valence-electron chi connectivity index (χ2n) is 11.9. The number of halogens is 3. The molecule has 2 heterocycles. The minimum absolute atomic E-state index is 0.176. The molecule has 0 unspecified atom stereocenters. The summed E-state index contributed by atoms with van der Waals surface area (Å²) in [4.78, 5) is 19.1. The normalized spacial score (nSPS) is 11.2. The van der Waals surface area contributed by atoms with Crippen LogP contribution in [0.4, 0.5) is 18.9 Å². The van der Waals surface area contributed by atoms with Gasteiger partial charge in [0.05, 0.1) is 51.8 Å². The minimum atomic E-state index is -1.53. The van der Waals surface area contributed by atoms with Crippen LogP contribution in [-0.2, 0) is 0 Å². The number of hydrogen-bond donors (Lipinski definition) is 0. The molecule has 0 aliphatic heterocycles. The van der Waals surface area contributed by atoms with Crippen LogP contribution in [0.1, 0.15) is 11.1 Å². The van der Waals surface area contributed by atoms with Crippen LogP contribution in [0.3, 0.4) is 0 Å². The highest BCUT2D eigenvalue weighted by Gasteiger charge is 2.22. The van der Waals surface area contributed by atoms with Crippen molar-refractivity contribution in [3.8, 4) is 51.0 Å². The van der Waals surface area contributed by atoms with Crippen LogP contribution in [0.25, 0.3) is 82.5 Å². The van der Waals surface area contributed by atoms with Crippen LogP contribution in [0.15, 0.2) is 115 Å². The number of nitriles is 1. The average Bonchev–Trinajstić information content (AvgIpc) is 3.16. The van der Waals surface area contributed by atoms with Gasteiger partial charge in [0.15, 0.2) is 23.1 Å². The van der Waals surface area contributed by atoms with Crippen molar-refractivity contribution in [2.24, 2.45) is 0 Å². The van der Waals surface area contributed by atoms with Crippen molar-refractivity contribution in [1.29, 1.82) is 5.26 Å². The summed E-state index contributed by atoms with van der Waals surface area (Å²) in [5.74, 6) is -4.09. The summed E-state index contributed by atoms with van der Waals surface area (Å²) in [6.07, 6.45) is 0. The summed E-state index contributed by atoms with van der Waals surface area (Å²) in [6, 6.07) is 35.2. The summed E-state index contributed by atoms with van der Waals surface area (Å²) < 4.78 is 43.0. The lowest BCUT2D eigenvalue weighted by atomic mass is 9.91. The first-order valence-electron chi connectivity index (χ1n) is 15.6. The van der Waals surface area contributed by atoms with E-state index in [-0.39, 0.29) is 5.56 Å². The van der Waals surface area contributed by atoms with Crippen molar-refractivity contribution in [1.82, 2.24) is 15.0 Å². The van der Waals surface area contributed by atoms with Gasteiger partial charge < -0.3 is 0 Å². The molecule has 8 aromatic rings. The summed E-state index contributed by atoms with van der Waals surface area (Å²) in [5.41, 5.74) is 8.34. The Morgan fingerprint density at radius 3 is 1.90 bits per heavy atom. The molecule has 0 amide bonds. The van der Waals surface area contributed by atoms with Gasteiger partial charge in [-0.1, -0.05) is 78.9 Å². The predicted molar refractivity (Wildman–Crippen MR) is 190 cm³/mol. The van der Waals surface area contributed by atoms with E-state index in [0.29, 0.717) is 56.0 Å². The maximum absolute atomic E-state index is 14.5. The fourth-order valence-corrected chi connectivity index (χ4v) is 6.50. The van der Waals surface area contributed by atoms with Crippen molar-refractivity contribution in [3.05, 3.63) is 155 Å². The third-order valence-corrected chi connectivity index (χ3v) is 8.83. The van der Waals surface area contributed by atoms with E-state index in [2.05, 4.69) is 10.9 Å². The summed E-state index contributed by atoms with van der Waals surface area (Å²) in [5, 5.41) is 11.9. The van der Waals surface area contributed by atoms with Crippen molar-refractivity contribution in [2.45, 2.75) is 6.92 Å². The van der Waals surface area contributed by atoms with Gasteiger partial charge >= 0.3 is 0 Å². The van der Waals surface area contributed by atoms with Gasteiger partial charge in [-0.2, -0.15) is 5.26 Å². The van der Waals surface area contributed by atoms with E-state index in [0.717, 1.165) is 45.0 Å². The van der Waals surface area contributed by atoms with E-state index in [1.165, 1.54) is 0 Å². The van der Waals surface area contributed by atoms with E-state index in [9.17, 15) is 18.4 Å². The number of nitrogens with zero attached hydrogens (tertiary/aromatic N) is 5. The Hall–Kier alpha value is -6.90. The molecule has 0 atom stereocenters. The molecule has 50 heavy (non-hydrogen) atoms. The van der Waals surface area contributed by atoms with E-state index < -0.39 is 17.5 Å². The van der Waals surface area contributed by atoms with Crippen molar-refractivity contribution in [2.75, 3.05) is 0 Å². The second kappa shape index (κ2) is 12.0. The first-order chi connectivity index (χ1) is 24.3. The van der Waals surface area contributed by atoms with Crippen LogP contribution in [0.2, 0.25) is 0 Å². The SMILES string of the molecule is [C-]#[N+]c1ccc(-c2nc3cc(C)c4c(-c5ccccc5-c5cc(F)c(F)c(F)c5)nc5ccccc5c4c3nc2-c2ccc(C#N)cc2)cc1. The summed E-state index contributed by atoms with van der Waals surface area (Å²) >= 11 is 0. The number of benzene rings is 6. The van der Waals surface area contributed by atoms with Crippen LogP contribution < -0.4 is 0 Å². The van der Waals surface area contributed by atoms with Gasteiger partial charge in [-0.15, -0.1) is 0 Å². The quantitative estimate of drug-likeness (QED) is 0.108. The van der Waals surface area contributed by atoms with Crippen LogP contribution >= 0.6 is 0 Å². The van der Waals surface area contributed by atoms with E-state index >= 15 is 0 Å². The number of fused-ring (bicyclic) bond motifs is 5. The average molecular weight is 654 g/mol. The number of aromatic nitrogens is 3. The Morgan fingerprint density at radius 1 is 0.620 bits per heavy atom. The maximum Gasteiger partial charge on any atom is 0.194 e. The number of pyridine rings is 1. The highest BCUT2D eigenvalue weighted by Crippen LogP contribution is 2.43. The lowest BCUT2D eigenvalue weighted by Gasteiger charge is -2.18. The highest BCUT2D eigenvalue weighted by molar-refractivity contribution is 6.22. The predicted octanol–water partition coefficient (Wildman–Crippen LogP) is 11.1. The van der Waals surface area contributed by atoms with E-state index in [1.807, 2.05) is 73.7 Å². The Balaban J connectivity index is 1.49. The third-order valence-electron chi connectivity index (χ3n) is 8.83. The molecule has 5 nitrogen and oxygen atoms in total. The molecule has 0 spiro atoms. The van der Waals surface area contributed by atoms with Crippen LogP contribution in [0.5, 0.6) is 0 Å². The Bertz CT molecular complexity index is 2740. The van der Waals surface area contributed by atoms with Crippen molar-refractivity contribution in [3.63, 3.8) is 0 Å². The molecule has 2 aromatic heterocycles. The molecule has 0 N–H and O–H groups in total. The molecule has 0 bridgehead atoms. The Kier molecular flexibility index (Phi) is 7.28. The van der Waals surface area contributed by atoms with Crippen LogP contribution in [0, 0.1) is 42.3 Å². The summed E-state index contributed by atoms with van der Waals surface area (Å²) in [6.45, 7) is 9.35. The largest absolute Gasteiger partial charge is 0.247 e. The second-order valence-corrected chi connectivity index (χ2v) is 11.9. The number of aryl methyl sites for hydroxylation is 1. The van der Waals surface area contributed by atoms with E-state index in [1.54, 1.807) is 36.4 Å². The fourth-order valence-electron chi connectivity index (χ4n) is 6.50. The van der Waals surface area contributed by atoms with Gasteiger partial charge in [-0.25, -0.2) is 33.0 Å². The molecule has 0 saturated carbocycles. The maximum atomic E-state index is 14.5. The highest BCUT2D eigenvalue weighted by atomic mass is 19.2. The van der Waals surface area contributed by atoms with Crippen LogP contribution in [-0.4, -0.2) is 15.0 Å². The monoisotopic (exact) mass is 653 g/mol. The number of para-hydroxylation sites is 1. The third kappa shape index (κ3) is 4.99. The molecular formula is C42H22F3N5. The standard InChI is InChI=1S/C42H22F3N5/c1-23-19-35-42(50-40(25-13-11-24(22-46)12-14-25)39(49-35)26-15-17-28(47-2)18-16-26)37-31-9-5-6-10-34(31)48-41(36(23)37)30-8-4-3-7-29(30)27-20-32(43)38(45)33(44)21-27/h3-21H,1H3. The lowest BCUT2D eigenvalue weighted by molar-refractivity contribution is 0.448. The molecule has 8 heteroatoms. The minimum Gasteiger partial charge on any atom is -0.247 e. The smallest absolute Gasteiger partial charge is 0.194 e. The van der Waals surface area contributed by atoms with E-state index in [4.69, 9.17) is 21.5 Å². The first kappa shape index (κ1) is 30.4. The molecule has 236 valence electrons. The molecule has 0 aliphatic rings. The topological polar surface area (TPSA) is 66.8 Å². The Labute approximate surface area is 284 Å². The molecule has 0 saturated heterocycles. The molecule has 0 fully saturated rings. The van der Waals surface area contributed by atoms with Gasteiger partial charge in [0, 0.05) is 27.3 Å². The number of rotatable bonds is 4. The van der Waals surface area contributed by atoms with Gasteiger partial charge in [0.2, 0.25) is 0 Å². The Morgan fingerprint density at radius 2 is 1.22 bits per heavy atom. The molecular weight excluding hydrogens is 631 g/mol. The molecule has 8 rings (SSSR count). The molecule has 0 aliphatic carbocycles.